The van der Waals surface area contributed by atoms with E-state index in [1.807, 2.05) is 29.5 Å². The quantitative estimate of drug-likeness (QED) is 0.622. The molecular weight excluding hydrogens is 222 g/mol. The van der Waals surface area contributed by atoms with Gasteiger partial charge in [-0.3, -0.25) is 5.43 Å². The molecule has 0 amide bonds. The predicted molar refractivity (Wildman–Crippen MR) is 73.1 cm³/mol. The Bertz CT molecular complexity index is 571. The van der Waals surface area contributed by atoms with E-state index in [0.717, 1.165) is 16.7 Å². The molecule has 3 nitrogen and oxygen atoms in total. The average Bonchev–Trinajstić information content (AvgIpc) is 2.40. The molecule has 2 aromatic rings. The van der Waals surface area contributed by atoms with Crippen molar-refractivity contribution in [1.82, 2.24) is 5.43 Å². The summed E-state index contributed by atoms with van der Waals surface area (Å²) in [5, 5.41) is 1.90. The summed E-state index contributed by atoms with van der Waals surface area (Å²) in [6, 6.07) is 16.2. The Balaban J connectivity index is 2.47. The molecule has 2 N–H and O–H groups in total. The number of rotatable bonds is 4. The van der Waals surface area contributed by atoms with Gasteiger partial charge in [-0.1, -0.05) is 60.7 Å². The number of benzene rings is 2. The molecule has 0 aliphatic rings. The highest BCUT2D eigenvalue weighted by molar-refractivity contribution is 5.79. The van der Waals surface area contributed by atoms with E-state index in [-0.39, 0.29) is 0 Å². The van der Waals surface area contributed by atoms with Gasteiger partial charge >= 0.3 is 0 Å². The van der Waals surface area contributed by atoms with Crippen LogP contribution in [0.4, 0.5) is 0 Å². The largest absolute Gasteiger partial charge is 0.266 e. The molecule has 0 saturated carbocycles. The van der Waals surface area contributed by atoms with Crippen LogP contribution in [0.25, 0.3) is 22.4 Å². The molecule has 2 aromatic carbocycles. The summed E-state index contributed by atoms with van der Waals surface area (Å²) < 4.78 is 0. The summed E-state index contributed by atoms with van der Waals surface area (Å²) in [6.07, 6.45) is 0. The Morgan fingerprint density at radius 2 is 1.78 bits per heavy atom. The number of nitrogens with one attached hydrogen (secondary N) is 2. The Morgan fingerprint density at radius 1 is 1.11 bits per heavy atom. The van der Waals surface area contributed by atoms with Crippen LogP contribution in [0, 0.1) is 6.92 Å². The predicted octanol–water partition coefficient (Wildman–Crippen LogP) is 2.24. The Morgan fingerprint density at radius 3 is 2.44 bits per heavy atom. The van der Waals surface area contributed by atoms with Crippen LogP contribution < -0.4 is 10.6 Å². The van der Waals surface area contributed by atoms with Crippen LogP contribution in [-0.4, -0.2) is 0 Å². The smallest absolute Gasteiger partial charge is 0.0111 e. The van der Waals surface area contributed by atoms with Crippen molar-refractivity contribution in [2.75, 3.05) is 0 Å². The fourth-order valence-corrected chi connectivity index (χ4v) is 1.87. The van der Waals surface area contributed by atoms with Crippen LogP contribution in [0.15, 0.2) is 55.1 Å². The highest BCUT2D eigenvalue weighted by Crippen LogP contribution is 2.26. The number of hydrogen-bond donors (Lipinski definition) is 2. The third-order valence-electron chi connectivity index (χ3n) is 2.82. The molecule has 90 valence electrons. The van der Waals surface area contributed by atoms with E-state index in [0.29, 0.717) is 5.70 Å². The topological polar surface area (TPSA) is 48.3 Å². The number of hydrogen-bond acceptors (Lipinski definition) is 0. The zero-order chi connectivity index (χ0) is 13.0. The zero-order valence-corrected chi connectivity index (χ0v) is 10.3. The molecule has 0 atom stereocenters. The lowest BCUT2D eigenvalue weighted by atomic mass is 9.97. The van der Waals surface area contributed by atoms with Crippen LogP contribution in [-0.2, 0) is 0 Å². The highest BCUT2D eigenvalue weighted by Gasteiger charge is 2.05. The molecule has 0 aliphatic heterocycles. The van der Waals surface area contributed by atoms with Crippen molar-refractivity contribution in [3.8, 4) is 11.1 Å². The molecule has 0 radical (unpaired) electrons. The van der Waals surface area contributed by atoms with Crippen molar-refractivity contribution >= 4 is 5.70 Å². The maximum atomic E-state index is 8.67. The first-order valence-electron chi connectivity index (χ1n) is 5.73. The minimum atomic E-state index is 0.619. The molecule has 0 spiro atoms. The number of aryl methyl sites for hydroxylation is 1. The van der Waals surface area contributed by atoms with Gasteiger partial charge < -0.3 is 0 Å². The van der Waals surface area contributed by atoms with Crippen LogP contribution in [0.2, 0.25) is 0 Å². The van der Waals surface area contributed by atoms with Crippen molar-refractivity contribution in [3.05, 3.63) is 71.8 Å². The van der Waals surface area contributed by atoms with E-state index in [1.165, 1.54) is 5.56 Å². The summed E-state index contributed by atoms with van der Waals surface area (Å²) in [5.74, 6) is 0. The lowest BCUT2D eigenvalue weighted by Crippen LogP contribution is -2.74. The van der Waals surface area contributed by atoms with Gasteiger partial charge in [0.2, 0.25) is 0 Å². The van der Waals surface area contributed by atoms with Gasteiger partial charge in [0.15, 0.2) is 0 Å². The molecule has 0 fully saturated rings. The minimum Gasteiger partial charge on any atom is -0.266 e. The first-order valence-corrected chi connectivity index (χ1v) is 5.73. The van der Waals surface area contributed by atoms with Crippen molar-refractivity contribution in [3.63, 3.8) is 0 Å². The van der Waals surface area contributed by atoms with Crippen molar-refractivity contribution in [2.24, 2.45) is 0 Å². The zero-order valence-electron chi connectivity index (χ0n) is 10.3. The van der Waals surface area contributed by atoms with E-state index in [2.05, 4.69) is 43.2 Å². The molecule has 3 heteroatoms. The van der Waals surface area contributed by atoms with Gasteiger partial charge in [0.05, 0.1) is 0 Å². The monoisotopic (exact) mass is 237 g/mol. The summed E-state index contributed by atoms with van der Waals surface area (Å²) >= 11 is 0. The summed E-state index contributed by atoms with van der Waals surface area (Å²) in [7, 11) is 0. The molecule has 0 unspecified atom stereocenters. The Hall–Kier alpha value is -2.42. The molecule has 0 heterocycles. The molecule has 0 saturated heterocycles. The lowest BCUT2D eigenvalue weighted by molar-refractivity contribution is -0.532. The highest BCUT2D eigenvalue weighted by atomic mass is 15.4. The van der Waals surface area contributed by atoms with Crippen LogP contribution in [0.3, 0.4) is 0 Å². The van der Waals surface area contributed by atoms with Gasteiger partial charge in [0.25, 0.3) is 0 Å². The average molecular weight is 237 g/mol. The second kappa shape index (κ2) is 5.27. The Kier molecular flexibility index (Phi) is 3.53. The summed E-state index contributed by atoms with van der Waals surface area (Å²) in [6.45, 7) is 5.95. The van der Waals surface area contributed by atoms with Crippen LogP contribution in [0.1, 0.15) is 11.1 Å². The molecular formula is C15H15N3. The molecule has 0 bridgehead atoms. The first kappa shape index (κ1) is 12.0. The van der Waals surface area contributed by atoms with Gasteiger partial charge in [0.1, 0.15) is 0 Å². The third-order valence-corrected chi connectivity index (χ3v) is 2.82. The fourth-order valence-electron chi connectivity index (χ4n) is 1.87. The standard InChI is InChI=1S/C15H15N3/c1-11-7-9-13(10-8-11)15-6-4-3-5-14(15)12(2)17-18-16/h3-10,18H,2H2,1H3,(H-,16,17). The Labute approximate surface area is 107 Å². The fraction of sp³-hybridized carbons (Fsp3) is 0.0667. The maximum Gasteiger partial charge on any atom is 0.0111 e. The van der Waals surface area contributed by atoms with Crippen LogP contribution in [0.5, 0.6) is 0 Å². The molecule has 2 rings (SSSR count). The van der Waals surface area contributed by atoms with E-state index in [9.17, 15) is 0 Å². The van der Waals surface area contributed by atoms with Gasteiger partial charge in [-0.25, -0.2) is 0 Å². The van der Waals surface area contributed by atoms with Crippen molar-refractivity contribution in [2.45, 2.75) is 6.92 Å². The molecule has 18 heavy (non-hydrogen) atoms. The maximum absolute atomic E-state index is 8.67. The lowest BCUT2D eigenvalue weighted by Gasteiger charge is -2.12. The van der Waals surface area contributed by atoms with E-state index < -0.39 is 0 Å². The van der Waals surface area contributed by atoms with E-state index in [1.54, 1.807) is 0 Å². The van der Waals surface area contributed by atoms with Gasteiger partial charge in [0, 0.05) is 5.70 Å². The van der Waals surface area contributed by atoms with Gasteiger partial charge in [-0.15, -0.1) is 0 Å². The van der Waals surface area contributed by atoms with E-state index in [4.69, 9.17) is 5.53 Å². The normalized spacial score (nSPS) is 9.83. The van der Waals surface area contributed by atoms with Crippen molar-refractivity contribution in [1.29, 1.82) is 0 Å². The second-order valence-electron chi connectivity index (χ2n) is 4.13. The number of nitrogens with zero attached hydrogens (tertiary/aromatic N) is 1. The first-order chi connectivity index (χ1) is 8.72. The SMILES string of the molecule is C=C(N[NH+]=[N-])c1ccccc1-c1ccc(C)cc1. The minimum absolute atomic E-state index is 0.619. The van der Waals surface area contributed by atoms with Crippen molar-refractivity contribution < 1.29 is 5.22 Å². The summed E-state index contributed by atoms with van der Waals surface area (Å²) in [4.78, 5) is 0. The van der Waals surface area contributed by atoms with Crippen LogP contribution >= 0.6 is 0 Å². The molecule has 0 aromatic heterocycles. The molecule has 0 aliphatic carbocycles. The second-order valence-corrected chi connectivity index (χ2v) is 4.13. The number of hydrazine groups is 1. The van der Waals surface area contributed by atoms with Gasteiger partial charge in [-0.2, -0.15) is 10.8 Å². The van der Waals surface area contributed by atoms with Gasteiger partial charge in [-0.05, 0) is 23.6 Å². The third kappa shape index (κ3) is 2.46. The summed E-state index contributed by atoms with van der Waals surface area (Å²) in [5.41, 5.74) is 16.3. The van der Waals surface area contributed by atoms with E-state index >= 15 is 0 Å².